The topological polar surface area (TPSA) is 158 Å². The highest BCUT2D eigenvalue weighted by atomic mass is 32.2. The quantitative estimate of drug-likeness (QED) is 0.211. The summed E-state index contributed by atoms with van der Waals surface area (Å²) in [5.41, 5.74) is 20.6. The van der Waals surface area contributed by atoms with E-state index in [1.807, 2.05) is 0 Å². The van der Waals surface area contributed by atoms with Crippen LogP contribution in [-0.2, 0) is 37.3 Å². The molecule has 9 nitrogen and oxygen atoms in total. The van der Waals surface area contributed by atoms with E-state index in [2.05, 4.69) is 9.58 Å². The molecule has 0 aliphatic carbocycles. The Morgan fingerprint density at radius 1 is 0.706 bits per heavy atom. The molecule has 0 saturated carbocycles. The number of sulfone groups is 2. The number of hydrogen-bond donors (Lipinski definition) is 0. The molecule has 0 N–H and O–H groups in total. The van der Waals surface area contributed by atoms with Crippen LogP contribution in [-0.4, -0.2) is 54.8 Å². The molecule has 0 aliphatic heterocycles. The number of benzene rings is 2. The predicted molar refractivity (Wildman–Crippen MR) is 128 cm³/mol. The Kier molecular flexibility index (Phi) is 9.35. The summed E-state index contributed by atoms with van der Waals surface area (Å²) in [4.78, 5) is 19.5. The lowest BCUT2D eigenvalue weighted by Gasteiger charge is -2.17. The van der Waals surface area contributed by atoms with Gasteiger partial charge in [0, 0.05) is 0 Å². The van der Waals surface area contributed by atoms with E-state index >= 15 is 0 Å². The van der Waals surface area contributed by atoms with Crippen molar-refractivity contribution in [1.29, 1.82) is 0 Å². The number of rotatable bonds is 10. The normalized spacial score (nSPS) is 13.2. The third-order valence-electron chi connectivity index (χ3n) is 5.37. The molecule has 0 spiro atoms. The summed E-state index contributed by atoms with van der Waals surface area (Å²) in [6.45, 7) is 0. The van der Waals surface area contributed by atoms with Crippen LogP contribution in [0, 0.1) is 11.8 Å². The van der Waals surface area contributed by atoms with Gasteiger partial charge in [-0.15, -0.1) is 0 Å². The van der Waals surface area contributed by atoms with Gasteiger partial charge >= 0.3 is 10.1 Å². The van der Waals surface area contributed by atoms with Crippen molar-refractivity contribution in [3.8, 4) is 0 Å². The van der Waals surface area contributed by atoms with Crippen molar-refractivity contribution in [3.63, 3.8) is 0 Å². The van der Waals surface area contributed by atoms with Crippen LogP contribution in [0.25, 0.3) is 11.1 Å². The van der Waals surface area contributed by atoms with Crippen molar-refractivity contribution in [2.45, 2.75) is 25.7 Å². The fourth-order valence-corrected chi connectivity index (χ4v) is 5.53. The molecule has 180 valence electrons. The molecule has 2 rings (SSSR count). The van der Waals surface area contributed by atoms with Crippen molar-refractivity contribution in [3.05, 3.63) is 82.9 Å². The average molecular weight is 503 g/mol. The van der Waals surface area contributed by atoms with Crippen molar-refractivity contribution in [1.82, 2.24) is 0 Å². The van der Waals surface area contributed by atoms with Crippen LogP contribution in [0.4, 0.5) is 0 Å². The lowest BCUT2D eigenvalue weighted by atomic mass is 9.86. The molecule has 0 aromatic heterocycles. The van der Waals surface area contributed by atoms with Crippen molar-refractivity contribution >= 4 is 35.5 Å². The molecular formula is C23H26N4O5S2. The minimum atomic E-state index is -4.10. The minimum absolute atomic E-state index is 0.0559. The summed E-state index contributed by atoms with van der Waals surface area (Å²) >= 11 is 0. The number of ketones is 1. The van der Waals surface area contributed by atoms with Crippen LogP contribution in [0.3, 0.4) is 0 Å². The Balaban J connectivity index is 2.52. The molecule has 2 unspecified atom stereocenters. The number of carbonyl (C=O) groups excluding carboxylic acids is 1. The smallest absolute Gasteiger partial charge is 0.360 e. The SMILES string of the molecule is CS(=O)(=O)C(=[N+]=[N-])C(CCc1ccccc1)C(=O)C(CCc1ccccc1)C(=[N+]=[N-])S(C)(=O)=O. The van der Waals surface area contributed by atoms with Gasteiger partial charge in [-0.3, -0.25) is 4.79 Å². The van der Waals surface area contributed by atoms with Crippen LogP contribution in [0.2, 0.25) is 0 Å². The first kappa shape index (κ1) is 27.0. The second kappa shape index (κ2) is 11.8. The maximum Gasteiger partial charge on any atom is 0.391 e. The molecule has 0 radical (unpaired) electrons. The molecule has 34 heavy (non-hydrogen) atoms. The molecule has 11 heteroatoms. The molecule has 2 atom stereocenters. The zero-order valence-electron chi connectivity index (χ0n) is 18.9. The molecule has 0 heterocycles. The van der Waals surface area contributed by atoms with Crippen molar-refractivity contribution in [2.75, 3.05) is 12.5 Å². The first-order valence-electron chi connectivity index (χ1n) is 10.4. The summed E-state index contributed by atoms with van der Waals surface area (Å²) in [7, 11) is -8.21. The van der Waals surface area contributed by atoms with Crippen molar-refractivity contribution < 1.29 is 31.2 Å². The molecular weight excluding hydrogens is 476 g/mol. The van der Waals surface area contributed by atoms with Gasteiger partial charge in [0.25, 0.3) is 0 Å². The van der Waals surface area contributed by atoms with E-state index in [4.69, 9.17) is 0 Å². The van der Waals surface area contributed by atoms with Crippen LogP contribution in [0.1, 0.15) is 24.0 Å². The van der Waals surface area contributed by atoms with Crippen LogP contribution < -0.4 is 0 Å². The average Bonchev–Trinajstić information content (AvgIpc) is 2.78. The number of nitrogens with zero attached hydrogens (tertiary/aromatic N) is 4. The van der Waals surface area contributed by atoms with Gasteiger partial charge in [0.05, 0.1) is 12.5 Å². The lowest BCUT2D eigenvalue weighted by Crippen LogP contribution is -2.40. The Morgan fingerprint density at radius 2 is 1.03 bits per heavy atom. The first-order valence-corrected chi connectivity index (χ1v) is 14.2. The van der Waals surface area contributed by atoms with E-state index in [1.165, 1.54) is 0 Å². The second-order valence-electron chi connectivity index (χ2n) is 7.98. The zero-order chi connectivity index (χ0) is 25.4. The first-order chi connectivity index (χ1) is 16.0. The summed E-state index contributed by atoms with van der Waals surface area (Å²) in [6, 6.07) is 17.9. The van der Waals surface area contributed by atoms with Gasteiger partial charge in [-0.1, -0.05) is 60.7 Å². The lowest BCUT2D eigenvalue weighted by molar-refractivity contribution is -0.125. The number of carbonyl (C=O) groups is 1. The highest BCUT2D eigenvalue weighted by molar-refractivity contribution is 8.06. The van der Waals surface area contributed by atoms with Crippen molar-refractivity contribution in [2.24, 2.45) is 11.8 Å². The van der Waals surface area contributed by atoms with Crippen LogP contribution in [0.15, 0.2) is 60.7 Å². The highest BCUT2D eigenvalue weighted by Crippen LogP contribution is 2.24. The summed E-state index contributed by atoms with van der Waals surface area (Å²) in [6.07, 6.45) is 2.03. The third-order valence-corrected chi connectivity index (χ3v) is 7.62. The van der Waals surface area contributed by atoms with E-state index in [0.29, 0.717) is 0 Å². The van der Waals surface area contributed by atoms with E-state index < -0.39 is 47.4 Å². The van der Waals surface area contributed by atoms with E-state index in [-0.39, 0.29) is 25.7 Å². The summed E-state index contributed by atoms with van der Waals surface area (Å²) in [5, 5.41) is -1.52. The number of Topliss-reactive ketones (excluding diaryl/α,β-unsaturated/α-hetero) is 1. The number of aryl methyl sites for hydroxylation is 2. The van der Waals surface area contributed by atoms with Gasteiger partial charge in [-0.05, 0) is 36.8 Å². The molecule has 0 bridgehead atoms. The second-order valence-corrected chi connectivity index (χ2v) is 11.9. The zero-order valence-corrected chi connectivity index (χ0v) is 20.5. The molecule has 0 aliphatic rings. The molecule has 2 aromatic carbocycles. The monoisotopic (exact) mass is 502 g/mol. The number of hydrogen-bond acceptors (Lipinski definition) is 5. The van der Waals surface area contributed by atoms with E-state index in [9.17, 15) is 32.7 Å². The summed E-state index contributed by atoms with van der Waals surface area (Å²) in [5.74, 6) is -3.71. The van der Waals surface area contributed by atoms with Crippen LogP contribution in [0.5, 0.6) is 0 Å². The molecule has 0 amide bonds. The fraction of sp³-hybridized carbons (Fsp3) is 0.348. The summed E-state index contributed by atoms with van der Waals surface area (Å²) < 4.78 is 49.3. The van der Waals surface area contributed by atoms with Gasteiger partial charge in [-0.25, -0.2) is 16.8 Å². The Morgan fingerprint density at radius 3 is 1.29 bits per heavy atom. The van der Waals surface area contributed by atoms with Gasteiger partial charge in [0.2, 0.25) is 19.7 Å². The minimum Gasteiger partial charge on any atom is -0.360 e. The maximum atomic E-state index is 13.7. The van der Waals surface area contributed by atoms with E-state index in [1.54, 1.807) is 60.7 Å². The largest absolute Gasteiger partial charge is 0.391 e. The Labute approximate surface area is 199 Å². The van der Waals surface area contributed by atoms with Gasteiger partial charge in [0.1, 0.15) is 11.8 Å². The van der Waals surface area contributed by atoms with Crippen LogP contribution >= 0.6 is 0 Å². The van der Waals surface area contributed by atoms with Gasteiger partial charge in [-0.2, -0.15) is 9.58 Å². The van der Waals surface area contributed by atoms with Gasteiger partial charge < -0.3 is 11.1 Å². The standard InChI is InChI=1S/C23H26N4O5S2/c1-33(29,30)22(26-24)19(15-13-17-9-5-3-6-10-17)21(28)20(23(27-25)34(2,31)32)16-14-18-11-7-4-8-12-18/h3-12,19-20H,13-16H2,1-2H3. The molecule has 0 fully saturated rings. The molecule has 2 aromatic rings. The van der Waals surface area contributed by atoms with Gasteiger partial charge in [0.15, 0.2) is 5.78 Å². The van der Waals surface area contributed by atoms with E-state index in [0.717, 1.165) is 23.6 Å². The fourth-order valence-electron chi connectivity index (χ4n) is 3.73. The third kappa shape index (κ3) is 7.40. The Bertz CT molecular complexity index is 1220. The predicted octanol–water partition coefficient (Wildman–Crippen LogP) is 2.40. The maximum absolute atomic E-state index is 13.7. The molecule has 0 saturated heterocycles. The Hall–Kier alpha value is -3.23. The highest BCUT2D eigenvalue weighted by Gasteiger charge is 2.47.